The number of aryl methyl sites for hydroxylation is 2. The summed E-state index contributed by atoms with van der Waals surface area (Å²) in [6.45, 7) is 3.56. The molecule has 0 bridgehead atoms. The minimum Gasteiger partial charge on any atom is -0.352 e. The van der Waals surface area contributed by atoms with Crippen molar-refractivity contribution in [3.8, 4) is 0 Å². The molecular weight excluding hydrogens is 340 g/mol. The maximum Gasteiger partial charge on any atom is 0.312 e. The quantitative estimate of drug-likeness (QED) is 0.610. The van der Waals surface area contributed by atoms with Gasteiger partial charge in [0, 0.05) is 4.88 Å². The van der Waals surface area contributed by atoms with Crippen molar-refractivity contribution in [2.75, 3.05) is 0 Å². The lowest BCUT2D eigenvalue weighted by Crippen LogP contribution is -2.55. The average molecular weight is 366 g/mol. The highest BCUT2D eigenvalue weighted by Gasteiger charge is 2.24. The van der Waals surface area contributed by atoms with Crippen molar-refractivity contribution in [2.45, 2.75) is 58.4 Å². The molecule has 1 aliphatic carbocycles. The van der Waals surface area contributed by atoms with Crippen molar-refractivity contribution in [2.24, 2.45) is 11.7 Å². The van der Waals surface area contributed by atoms with Crippen LogP contribution in [-0.2, 0) is 17.6 Å². The van der Waals surface area contributed by atoms with Crippen molar-refractivity contribution in [3.63, 3.8) is 0 Å². The van der Waals surface area contributed by atoms with E-state index in [-0.39, 0.29) is 11.8 Å². The summed E-state index contributed by atoms with van der Waals surface area (Å²) in [5.41, 5.74) is 11.1. The molecule has 1 heterocycles. The first-order valence-electron chi connectivity index (χ1n) is 8.66. The van der Waals surface area contributed by atoms with Gasteiger partial charge >= 0.3 is 6.03 Å². The van der Waals surface area contributed by atoms with Gasteiger partial charge in [-0.05, 0) is 43.2 Å². The van der Waals surface area contributed by atoms with Gasteiger partial charge in [-0.2, -0.15) is 0 Å². The summed E-state index contributed by atoms with van der Waals surface area (Å²) in [5, 5.41) is 2.37. The SMILES string of the molecule is CC(C)[C@H](NC(N)=O)C(=O)NNC(=O)c1cc2c(s1)CCCCCC2. The Kier molecular flexibility index (Phi) is 6.81. The van der Waals surface area contributed by atoms with Gasteiger partial charge in [-0.3, -0.25) is 20.4 Å². The topological polar surface area (TPSA) is 113 Å². The first-order chi connectivity index (χ1) is 11.9. The van der Waals surface area contributed by atoms with Gasteiger partial charge in [-0.25, -0.2) is 4.79 Å². The van der Waals surface area contributed by atoms with Crippen molar-refractivity contribution in [3.05, 3.63) is 21.4 Å². The molecule has 2 rings (SSSR count). The van der Waals surface area contributed by atoms with Crippen molar-refractivity contribution < 1.29 is 14.4 Å². The van der Waals surface area contributed by atoms with E-state index in [1.165, 1.54) is 34.6 Å². The fourth-order valence-corrected chi connectivity index (χ4v) is 4.05. The molecule has 8 heteroatoms. The number of amides is 4. The third-order valence-corrected chi connectivity index (χ3v) is 5.50. The van der Waals surface area contributed by atoms with Crippen LogP contribution in [0.4, 0.5) is 4.79 Å². The van der Waals surface area contributed by atoms with E-state index in [1.807, 2.05) is 6.07 Å². The van der Waals surface area contributed by atoms with E-state index in [9.17, 15) is 14.4 Å². The molecular formula is C17H26N4O3S. The van der Waals surface area contributed by atoms with Crippen LogP contribution in [0.3, 0.4) is 0 Å². The number of urea groups is 1. The smallest absolute Gasteiger partial charge is 0.312 e. The van der Waals surface area contributed by atoms with Crippen LogP contribution >= 0.6 is 11.3 Å². The number of hydrazine groups is 1. The molecule has 0 fully saturated rings. The van der Waals surface area contributed by atoms with E-state index in [1.54, 1.807) is 13.8 Å². The van der Waals surface area contributed by atoms with E-state index in [4.69, 9.17) is 5.73 Å². The second-order valence-corrected chi connectivity index (χ2v) is 7.78. The highest BCUT2D eigenvalue weighted by molar-refractivity contribution is 7.14. The number of hydrogen-bond donors (Lipinski definition) is 4. The van der Waals surface area contributed by atoms with E-state index in [2.05, 4.69) is 16.2 Å². The highest BCUT2D eigenvalue weighted by atomic mass is 32.1. The largest absolute Gasteiger partial charge is 0.352 e. The number of carbonyl (C=O) groups is 3. The molecule has 0 spiro atoms. The van der Waals surface area contributed by atoms with Gasteiger partial charge in [0.1, 0.15) is 6.04 Å². The Balaban J connectivity index is 1.96. The van der Waals surface area contributed by atoms with Gasteiger partial charge in [0.2, 0.25) is 0 Å². The lowest BCUT2D eigenvalue weighted by Gasteiger charge is -2.20. The summed E-state index contributed by atoms with van der Waals surface area (Å²) in [5.74, 6) is -1.00. The lowest BCUT2D eigenvalue weighted by molar-refractivity contribution is -0.124. The third-order valence-electron chi connectivity index (χ3n) is 4.27. The van der Waals surface area contributed by atoms with E-state index < -0.39 is 18.0 Å². The molecule has 1 atom stereocenters. The fourth-order valence-electron chi connectivity index (χ4n) is 2.90. The van der Waals surface area contributed by atoms with E-state index >= 15 is 0 Å². The van der Waals surface area contributed by atoms with Crippen molar-refractivity contribution >= 4 is 29.2 Å². The molecule has 25 heavy (non-hydrogen) atoms. The fraction of sp³-hybridized carbons (Fsp3) is 0.588. The molecule has 4 amide bonds. The van der Waals surface area contributed by atoms with Crippen molar-refractivity contribution in [1.82, 2.24) is 16.2 Å². The number of primary amides is 1. The first-order valence-corrected chi connectivity index (χ1v) is 9.48. The summed E-state index contributed by atoms with van der Waals surface area (Å²) in [7, 11) is 0. The lowest BCUT2D eigenvalue weighted by atomic mass is 10.00. The van der Waals surface area contributed by atoms with Gasteiger partial charge in [0.25, 0.3) is 11.8 Å². The minimum absolute atomic E-state index is 0.161. The zero-order valence-electron chi connectivity index (χ0n) is 14.7. The molecule has 0 unspecified atom stereocenters. The Hall–Kier alpha value is -2.09. The molecule has 7 nitrogen and oxygen atoms in total. The molecule has 1 aromatic heterocycles. The van der Waals surface area contributed by atoms with E-state index in [0.717, 1.165) is 25.7 Å². The standard InChI is InChI=1S/C17H26N4O3S/c1-10(2)14(19-17(18)24)16(23)21-20-15(22)13-9-11-7-5-3-4-6-8-12(11)25-13/h9-10,14H,3-8H2,1-2H3,(H,20,22)(H,21,23)(H3,18,19,24)/t14-/m0/s1. The predicted molar refractivity (Wildman–Crippen MR) is 97.1 cm³/mol. The van der Waals surface area contributed by atoms with Crippen molar-refractivity contribution in [1.29, 1.82) is 0 Å². The molecule has 1 aliphatic rings. The Labute approximate surface area is 151 Å². The summed E-state index contributed by atoms with van der Waals surface area (Å²) >= 11 is 1.49. The summed E-state index contributed by atoms with van der Waals surface area (Å²) in [6, 6.07) is 0.341. The number of thiophene rings is 1. The number of carbonyl (C=O) groups excluding carboxylic acids is 3. The summed E-state index contributed by atoms with van der Waals surface area (Å²) in [6.07, 6.45) is 6.78. The van der Waals surface area contributed by atoms with Crippen LogP contribution in [0.25, 0.3) is 0 Å². The van der Waals surface area contributed by atoms with Gasteiger partial charge in [0.15, 0.2) is 0 Å². The number of fused-ring (bicyclic) bond motifs is 1. The van der Waals surface area contributed by atoms with Gasteiger partial charge in [-0.15, -0.1) is 11.3 Å². The molecule has 0 aliphatic heterocycles. The highest BCUT2D eigenvalue weighted by Crippen LogP contribution is 2.28. The second-order valence-electron chi connectivity index (χ2n) is 6.65. The number of nitrogens with one attached hydrogen (secondary N) is 3. The molecule has 0 saturated heterocycles. The molecule has 0 saturated carbocycles. The molecule has 0 aromatic carbocycles. The number of rotatable bonds is 4. The van der Waals surface area contributed by atoms with Crippen LogP contribution in [0.15, 0.2) is 6.07 Å². The Morgan fingerprint density at radius 1 is 1.08 bits per heavy atom. The zero-order valence-corrected chi connectivity index (χ0v) is 15.5. The van der Waals surface area contributed by atoms with Gasteiger partial charge in [0.05, 0.1) is 4.88 Å². The normalized spacial score (nSPS) is 15.5. The Morgan fingerprint density at radius 3 is 2.40 bits per heavy atom. The minimum atomic E-state index is -0.804. The Morgan fingerprint density at radius 2 is 1.76 bits per heavy atom. The predicted octanol–water partition coefficient (Wildman–Crippen LogP) is 1.86. The van der Waals surface area contributed by atoms with Crippen LogP contribution in [-0.4, -0.2) is 23.9 Å². The third kappa shape index (κ3) is 5.45. The molecule has 5 N–H and O–H groups in total. The van der Waals surface area contributed by atoms with Crippen LogP contribution in [0.5, 0.6) is 0 Å². The van der Waals surface area contributed by atoms with Crippen LogP contribution in [0.1, 0.15) is 59.6 Å². The molecule has 1 aromatic rings. The van der Waals surface area contributed by atoms with Crippen LogP contribution < -0.4 is 21.9 Å². The first kappa shape index (κ1) is 19.2. The van der Waals surface area contributed by atoms with E-state index in [0.29, 0.717) is 4.88 Å². The summed E-state index contributed by atoms with van der Waals surface area (Å²) < 4.78 is 0. The molecule has 0 radical (unpaired) electrons. The van der Waals surface area contributed by atoms with Gasteiger partial charge in [-0.1, -0.05) is 26.7 Å². The maximum atomic E-state index is 12.3. The van der Waals surface area contributed by atoms with Gasteiger partial charge < -0.3 is 11.1 Å². The Bertz CT molecular complexity index is 616. The zero-order chi connectivity index (χ0) is 18.4. The van der Waals surface area contributed by atoms with Crippen LogP contribution in [0, 0.1) is 5.92 Å². The summed E-state index contributed by atoms with van der Waals surface area (Å²) in [4.78, 5) is 37.3. The number of nitrogens with two attached hydrogens (primary N) is 1. The molecule has 138 valence electrons. The van der Waals surface area contributed by atoms with Crippen LogP contribution in [0.2, 0.25) is 0 Å². The monoisotopic (exact) mass is 366 g/mol. The maximum absolute atomic E-state index is 12.3. The second kappa shape index (κ2) is 8.84. The number of hydrogen-bond acceptors (Lipinski definition) is 4. The average Bonchev–Trinajstić information content (AvgIpc) is 2.91.